The molecule has 1 aliphatic heterocycles. The Morgan fingerprint density at radius 3 is 2.59 bits per heavy atom. The zero-order valence-corrected chi connectivity index (χ0v) is 19.0. The van der Waals surface area contributed by atoms with Crippen molar-refractivity contribution in [2.75, 3.05) is 50.5 Å². The number of aromatic nitrogens is 4. The first-order valence-electron chi connectivity index (χ1n) is 11.5. The molecule has 0 atom stereocenters. The topological polar surface area (TPSA) is 74.1 Å². The zero-order valence-electron chi connectivity index (χ0n) is 19.0. The molecule has 3 aromatic rings. The summed E-state index contributed by atoms with van der Waals surface area (Å²) in [6.07, 6.45) is 8.71. The molecule has 8 heteroatoms. The number of anilines is 3. The van der Waals surface area contributed by atoms with Crippen LogP contribution in [-0.4, -0.2) is 64.7 Å². The van der Waals surface area contributed by atoms with Gasteiger partial charge in [0.2, 0.25) is 5.95 Å². The van der Waals surface area contributed by atoms with E-state index in [9.17, 15) is 0 Å². The van der Waals surface area contributed by atoms with Crippen LogP contribution in [-0.2, 0) is 0 Å². The lowest BCUT2D eigenvalue weighted by atomic mass is 10.2. The molecule has 4 heterocycles. The van der Waals surface area contributed by atoms with E-state index < -0.39 is 0 Å². The molecule has 2 aliphatic rings. The predicted molar refractivity (Wildman–Crippen MR) is 130 cm³/mol. The van der Waals surface area contributed by atoms with Gasteiger partial charge in [0.15, 0.2) is 0 Å². The van der Waals surface area contributed by atoms with Crippen LogP contribution in [0, 0.1) is 0 Å². The first-order valence-corrected chi connectivity index (χ1v) is 11.5. The average Bonchev–Trinajstić information content (AvgIpc) is 3.47. The molecule has 0 bridgehead atoms. The fourth-order valence-electron chi connectivity index (χ4n) is 4.74. The van der Waals surface area contributed by atoms with Crippen molar-refractivity contribution in [2.24, 2.45) is 0 Å². The molecule has 0 radical (unpaired) electrons. The Morgan fingerprint density at radius 1 is 1.12 bits per heavy atom. The molecule has 5 rings (SSSR count). The van der Waals surface area contributed by atoms with Crippen molar-refractivity contribution in [3.05, 3.63) is 42.9 Å². The van der Waals surface area contributed by atoms with Crippen LogP contribution in [0.5, 0.6) is 0 Å². The van der Waals surface area contributed by atoms with Crippen molar-refractivity contribution < 1.29 is 0 Å². The van der Waals surface area contributed by atoms with Gasteiger partial charge in [0.25, 0.3) is 0 Å². The van der Waals surface area contributed by atoms with Gasteiger partial charge in [-0.2, -0.15) is 4.98 Å². The van der Waals surface area contributed by atoms with Crippen LogP contribution in [0.3, 0.4) is 0 Å². The Kier molecular flexibility index (Phi) is 5.70. The number of rotatable bonds is 6. The molecule has 8 nitrogen and oxygen atoms in total. The van der Waals surface area contributed by atoms with Gasteiger partial charge in [-0.3, -0.25) is 0 Å². The molecule has 1 aliphatic carbocycles. The van der Waals surface area contributed by atoms with Crippen molar-refractivity contribution in [3.8, 4) is 0 Å². The maximum absolute atomic E-state index is 4.91. The Bertz CT molecular complexity index is 1090. The number of nitrogens with one attached hydrogen (secondary N) is 2. The van der Waals surface area contributed by atoms with E-state index in [1.165, 1.54) is 25.7 Å². The van der Waals surface area contributed by atoms with Crippen LogP contribution in [0.25, 0.3) is 16.7 Å². The van der Waals surface area contributed by atoms with Crippen molar-refractivity contribution in [1.82, 2.24) is 29.7 Å². The van der Waals surface area contributed by atoms with E-state index in [0.717, 1.165) is 60.1 Å². The number of hydrogen-bond donors (Lipinski definition) is 2. The molecule has 2 fully saturated rings. The summed E-state index contributed by atoms with van der Waals surface area (Å²) in [7, 11) is 4.07. The van der Waals surface area contributed by atoms with Crippen LogP contribution in [0.2, 0.25) is 0 Å². The second kappa shape index (κ2) is 8.78. The van der Waals surface area contributed by atoms with Gasteiger partial charge < -0.3 is 25.0 Å². The van der Waals surface area contributed by atoms with Crippen LogP contribution in [0.4, 0.5) is 17.5 Å². The van der Waals surface area contributed by atoms with Crippen LogP contribution in [0.15, 0.2) is 37.2 Å². The van der Waals surface area contributed by atoms with Crippen LogP contribution < -0.4 is 15.5 Å². The maximum Gasteiger partial charge on any atom is 0.230 e. The lowest BCUT2D eigenvalue weighted by Crippen LogP contribution is -2.43. The lowest BCUT2D eigenvalue weighted by molar-refractivity contribution is 0.512. The third-order valence-corrected chi connectivity index (χ3v) is 6.57. The van der Waals surface area contributed by atoms with Crippen molar-refractivity contribution >= 4 is 34.2 Å². The number of fused-ring (bicyclic) bond motifs is 1. The molecule has 2 N–H and O–H groups in total. The van der Waals surface area contributed by atoms with E-state index in [1.54, 1.807) is 0 Å². The third kappa shape index (κ3) is 4.02. The summed E-state index contributed by atoms with van der Waals surface area (Å²) < 4.78 is 2.37. The molecule has 32 heavy (non-hydrogen) atoms. The van der Waals surface area contributed by atoms with E-state index in [1.807, 2.05) is 32.6 Å². The SMILES string of the molecule is C=C(c1cc2cnc(Nc3ccc(N4CCNCC4)cn3)nc2n1C1CCCC1)N(C)C. The summed E-state index contributed by atoms with van der Waals surface area (Å²) in [4.78, 5) is 18.5. The number of pyridine rings is 1. The Labute approximate surface area is 189 Å². The highest BCUT2D eigenvalue weighted by atomic mass is 15.2. The van der Waals surface area contributed by atoms with Gasteiger partial charge in [-0.15, -0.1) is 0 Å². The van der Waals surface area contributed by atoms with Crippen LogP contribution >= 0.6 is 0 Å². The van der Waals surface area contributed by atoms with Gasteiger partial charge >= 0.3 is 0 Å². The second-order valence-corrected chi connectivity index (χ2v) is 8.92. The first-order chi connectivity index (χ1) is 15.6. The van der Waals surface area contributed by atoms with Gasteiger partial charge in [-0.1, -0.05) is 19.4 Å². The number of piperazine rings is 1. The van der Waals surface area contributed by atoms with E-state index in [2.05, 4.69) is 53.7 Å². The Balaban J connectivity index is 1.43. The Morgan fingerprint density at radius 2 is 1.91 bits per heavy atom. The van der Waals surface area contributed by atoms with E-state index in [-0.39, 0.29) is 0 Å². The summed E-state index contributed by atoms with van der Waals surface area (Å²) in [5, 5.41) is 7.72. The smallest absolute Gasteiger partial charge is 0.230 e. The van der Waals surface area contributed by atoms with E-state index in [4.69, 9.17) is 4.98 Å². The molecule has 168 valence electrons. The molecule has 1 saturated heterocycles. The highest BCUT2D eigenvalue weighted by Crippen LogP contribution is 2.36. The number of nitrogens with zero attached hydrogens (tertiary/aromatic N) is 6. The van der Waals surface area contributed by atoms with Gasteiger partial charge in [0, 0.05) is 57.9 Å². The summed E-state index contributed by atoms with van der Waals surface area (Å²) in [5.41, 5.74) is 4.23. The molecule has 0 unspecified atom stereocenters. The van der Waals surface area contributed by atoms with Gasteiger partial charge in [0.05, 0.1) is 23.3 Å². The van der Waals surface area contributed by atoms with Gasteiger partial charge in [-0.05, 0) is 31.0 Å². The fourth-order valence-corrected chi connectivity index (χ4v) is 4.74. The van der Waals surface area contributed by atoms with Crippen LogP contribution in [0.1, 0.15) is 37.4 Å². The molecule has 1 saturated carbocycles. The fraction of sp³-hybridized carbons (Fsp3) is 0.458. The Hall–Kier alpha value is -3.13. The minimum atomic E-state index is 0.457. The standard InChI is InChI=1S/C24H32N8/c1-17(30(2)3)21-14-18-15-27-24(29-23(18)32(21)19-6-4-5-7-19)28-22-9-8-20(16-26-22)31-12-10-25-11-13-31/h8-9,14-16,19,25H,1,4-7,10-13H2,2-3H3,(H,26,27,28,29). The van der Waals surface area contributed by atoms with Crippen molar-refractivity contribution in [1.29, 1.82) is 0 Å². The largest absolute Gasteiger partial charge is 0.376 e. The second-order valence-electron chi connectivity index (χ2n) is 8.92. The van der Waals surface area contributed by atoms with Crippen molar-refractivity contribution in [3.63, 3.8) is 0 Å². The minimum absolute atomic E-state index is 0.457. The highest BCUT2D eigenvalue weighted by molar-refractivity contribution is 5.83. The highest BCUT2D eigenvalue weighted by Gasteiger charge is 2.24. The van der Waals surface area contributed by atoms with Gasteiger partial charge in [0.1, 0.15) is 11.5 Å². The lowest BCUT2D eigenvalue weighted by Gasteiger charge is -2.29. The zero-order chi connectivity index (χ0) is 22.1. The van der Waals surface area contributed by atoms with E-state index in [0.29, 0.717) is 12.0 Å². The summed E-state index contributed by atoms with van der Waals surface area (Å²) in [6.45, 7) is 8.35. The van der Waals surface area contributed by atoms with Gasteiger partial charge in [-0.25, -0.2) is 9.97 Å². The molecule has 0 amide bonds. The monoisotopic (exact) mass is 432 g/mol. The average molecular weight is 433 g/mol. The maximum atomic E-state index is 4.91. The summed E-state index contributed by atoms with van der Waals surface area (Å²) in [5.74, 6) is 1.32. The normalized spacial score (nSPS) is 17.1. The summed E-state index contributed by atoms with van der Waals surface area (Å²) in [6, 6.07) is 6.73. The molecule has 0 spiro atoms. The van der Waals surface area contributed by atoms with Crippen molar-refractivity contribution in [2.45, 2.75) is 31.7 Å². The summed E-state index contributed by atoms with van der Waals surface area (Å²) >= 11 is 0. The minimum Gasteiger partial charge on any atom is -0.376 e. The van der Waals surface area contributed by atoms with E-state index >= 15 is 0 Å². The predicted octanol–water partition coefficient (Wildman–Crippen LogP) is 3.63. The molecule has 3 aromatic heterocycles. The molecular formula is C24H32N8. The molecule has 0 aromatic carbocycles. The quantitative estimate of drug-likeness (QED) is 0.616. The third-order valence-electron chi connectivity index (χ3n) is 6.57. The first kappa shape index (κ1) is 20.8. The number of hydrogen-bond acceptors (Lipinski definition) is 7. The molecular weight excluding hydrogens is 400 g/mol.